The van der Waals surface area contributed by atoms with Crippen molar-refractivity contribution >= 4 is 0 Å². The lowest BCUT2D eigenvalue weighted by atomic mass is 10.3. The van der Waals surface area contributed by atoms with E-state index in [1.165, 1.54) is 39.1 Å². The first-order chi connectivity index (χ1) is 6.86. The molecule has 0 aromatic carbocycles. The maximum atomic E-state index is 8.45. The van der Waals surface area contributed by atoms with Gasteiger partial charge in [-0.2, -0.15) is 5.26 Å². The third-order valence-corrected chi connectivity index (χ3v) is 2.89. The van der Waals surface area contributed by atoms with Gasteiger partial charge in [0.05, 0.1) is 6.07 Å². The summed E-state index contributed by atoms with van der Waals surface area (Å²) in [6, 6.07) is 2.21. The molecule has 3 heteroatoms. The number of nitrogens with zero attached hydrogens (tertiary/aromatic N) is 3. The summed E-state index contributed by atoms with van der Waals surface area (Å²) in [7, 11) is 0. The lowest BCUT2D eigenvalue weighted by Gasteiger charge is -2.20. The lowest BCUT2D eigenvalue weighted by molar-refractivity contribution is 0.262. The zero-order chi connectivity index (χ0) is 10.2. The Morgan fingerprint density at radius 1 is 1.14 bits per heavy atom. The van der Waals surface area contributed by atoms with Crippen LogP contribution in [0.5, 0.6) is 0 Å². The van der Waals surface area contributed by atoms with Crippen molar-refractivity contribution in [3.05, 3.63) is 0 Å². The minimum atomic E-state index is 0.702. The zero-order valence-corrected chi connectivity index (χ0v) is 9.21. The summed E-state index contributed by atoms with van der Waals surface area (Å²) in [6.45, 7) is 9.33. The van der Waals surface area contributed by atoms with Crippen LogP contribution in [-0.2, 0) is 0 Å². The van der Waals surface area contributed by atoms with E-state index in [0.29, 0.717) is 6.42 Å². The summed E-state index contributed by atoms with van der Waals surface area (Å²) in [5.41, 5.74) is 0. The second-order valence-electron chi connectivity index (χ2n) is 3.89. The van der Waals surface area contributed by atoms with Gasteiger partial charge in [0.1, 0.15) is 0 Å². The van der Waals surface area contributed by atoms with Gasteiger partial charge in [0.25, 0.3) is 0 Å². The van der Waals surface area contributed by atoms with Crippen molar-refractivity contribution in [2.75, 3.05) is 39.3 Å². The van der Waals surface area contributed by atoms with Crippen molar-refractivity contribution in [3.63, 3.8) is 0 Å². The number of likely N-dealkylation sites (N-methyl/N-ethyl adjacent to an activating group) is 1. The number of rotatable bonds is 4. The molecule has 0 radical (unpaired) electrons. The smallest absolute Gasteiger partial charge is 0.0622 e. The van der Waals surface area contributed by atoms with Crippen molar-refractivity contribution < 1.29 is 0 Å². The van der Waals surface area contributed by atoms with Crippen LogP contribution in [0.3, 0.4) is 0 Å². The van der Waals surface area contributed by atoms with Crippen LogP contribution in [-0.4, -0.2) is 49.1 Å². The SMILES string of the molecule is CCN1CCCN(CCCC#N)CC1. The highest BCUT2D eigenvalue weighted by Gasteiger charge is 2.12. The quantitative estimate of drug-likeness (QED) is 0.634. The molecule has 0 aromatic rings. The summed E-state index contributed by atoms with van der Waals surface area (Å²) in [5.74, 6) is 0. The Labute approximate surface area is 87.3 Å². The summed E-state index contributed by atoms with van der Waals surface area (Å²) < 4.78 is 0. The Morgan fingerprint density at radius 3 is 2.57 bits per heavy atom. The van der Waals surface area contributed by atoms with Gasteiger partial charge < -0.3 is 9.80 Å². The predicted molar refractivity (Wildman–Crippen MR) is 58.0 cm³/mol. The van der Waals surface area contributed by atoms with Gasteiger partial charge in [-0.15, -0.1) is 0 Å². The Kier molecular flexibility index (Phi) is 5.58. The highest BCUT2D eigenvalue weighted by Crippen LogP contribution is 2.03. The number of nitriles is 1. The van der Waals surface area contributed by atoms with Crippen LogP contribution in [0.15, 0.2) is 0 Å². The summed E-state index contributed by atoms with van der Waals surface area (Å²) in [5, 5.41) is 8.45. The molecule has 1 aliphatic rings. The number of hydrogen-bond donors (Lipinski definition) is 0. The van der Waals surface area contributed by atoms with E-state index >= 15 is 0 Å². The van der Waals surface area contributed by atoms with Gasteiger partial charge in [-0.1, -0.05) is 6.92 Å². The van der Waals surface area contributed by atoms with Crippen LogP contribution in [0, 0.1) is 11.3 Å². The first kappa shape index (κ1) is 11.5. The average Bonchev–Trinajstić information content (AvgIpc) is 2.43. The molecule has 1 rings (SSSR count). The van der Waals surface area contributed by atoms with Crippen LogP contribution in [0.25, 0.3) is 0 Å². The van der Waals surface area contributed by atoms with Crippen molar-refractivity contribution in [3.8, 4) is 6.07 Å². The van der Waals surface area contributed by atoms with Crippen LogP contribution in [0.4, 0.5) is 0 Å². The standard InChI is InChI=1S/C11H21N3/c1-2-13-8-5-9-14(11-10-13)7-4-3-6-12/h2-5,7-11H2,1H3. The molecule has 0 bridgehead atoms. The zero-order valence-electron chi connectivity index (χ0n) is 9.21. The van der Waals surface area contributed by atoms with Gasteiger partial charge >= 0.3 is 0 Å². The number of unbranched alkanes of at least 4 members (excludes halogenated alkanes) is 1. The molecule has 0 unspecified atom stereocenters. The van der Waals surface area contributed by atoms with Gasteiger partial charge in [-0.05, 0) is 39.0 Å². The Morgan fingerprint density at radius 2 is 1.86 bits per heavy atom. The molecule has 1 saturated heterocycles. The fraction of sp³-hybridized carbons (Fsp3) is 0.909. The molecule has 0 amide bonds. The predicted octanol–water partition coefficient (Wildman–Crippen LogP) is 1.32. The van der Waals surface area contributed by atoms with Crippen LogP contribution < -0.4 is 0 Å². The second-order valence-corrected chi connectivity index (χ2v) is 3.89. The van der Waals surface area contributed by atoms with Gasteiger partial charge in [0.2, 0.25) is 0 Å². The third-order valence-electron chi connectivity index (χ3n) is 2.89. The fourth-order valence-corrected chi connectivity index (χ4v) is 1.95. The van der Waals surface area contributed by atoms with Gasteiger partial charge in [-0.25, -0.2) is 0 Å². The molecule has 0 spiro atoms. The number of hydrogen-bond acceptors (Lipinski definition) is 3. The largest absolute Gasteiger partial charge is 0.302 e. The average molecular weight is 195 g/mol. The molecule has 0 aliphatic carbocycles. The molecule has 3 nitrogen and oxygen atoms in total. The second kappa shape index (κ2) is 6.80. The summed E-state index contributed by atoms with van der Waals surface area (Å²) in [4.78, 5) is 5.00. The molecule has 1 heterocycles. The van der Waals surface area contributed by atoms with E-state index in [1.807, 2.05) is 0 Å². The summed E-state index contributed by atoms with van der Waals surface area (Å²) in [6.07, 6.45) is 3.01. The van der Waals surface area contributed by atoms with E-state index < -0.39 is 0 Å². The lowest BCUT2D eigenvalue weighted by Crippen LogP contribution is -2.31. The molecule has 80 valence electrons. The van der Waals surface area contributed by atoms with Crippen LogP contribution >= 0.6 is 0 Å². The van der Waals surface area contributed by atoms with Crippen LogP contribution in [0.1, 0.15) is 26.2 Å². The molecule has 0 N–H and O–H groups in total. The van der Waals surface area contributed by atoms with Crippen LogP contribution in [0.2, 0.25) is 0 Å². The van der Waals surface area contributed by atoms with E-state index in [9.17, 15) is 0 Å². The Bertz CT molecular complexity index is 185. The van der Waals surface area contributed by atoms with E-state index in [2.05, 4.69) is 22.8 Å². The van der Waals surface area contributed by atoms with Crippen molar-refractivity contribution in [1.82, 2.24) is 9.80 Å². The monoisotopic (exact) mass is 195 g/mol. The van der Waals surface area contributed by atoms with E-state index in [-0.39, 0.29) is 0 Å². The Balaban J connectivity index is 2.18. The van der Waals surface area contributed by atoms with Crippen molar-refractivity contribution in [1.29, 1.82) is 5.26 Å². The molecular formula is C11H21N3. The van der Waals surface area contributed by atoms with Crippen molar-refractivity contribution in [2.24, 2.45) is 0 Å². The molecule has 0 atom stereocenters. The van der Waals surface area contributed by atoms with E-state index in [4.69, 9.17) is 5.26 Å². The molecular weight excluding hydrogens is 174 g/mol. The van der Waals surface area contributed by atoms with E-state index in [1.54, 1.807) is 0 Å². The van der Waals surface area contributed by atoms with Gasteiger partial charge in [0.15, 0.2) is 0 Å². The molecule has 1 fully saturated rings. The first-order valence-corrected chi connectivity index (χ1v) is 5.68. The van der Waals surface area contributed by atoms with E-state index in [0.717, 1.165) is 13.0 Å². The Hall–Kier alpha value is -0.590. The van der Waals surface area contributed by atoms with Crippen molar-refractivity contribution in [2.45, 2.75) is 26.2 Å². The molecule has 1 aliphatic heterocycles. The molecule has 0 saturated carbocycles. The maximum absolute atomic E-state index is 8.45. The molecule has 0 aromatic heterocycles. The van der Waals surface area contributed by atoms with Gasteiger partial charge in [0, 0.05) is 19.5 Å². The molecule has 14 heavy (non-hydrogen) atoms. The fourth-order valence-electron chi connectivity index (χ4n) is 1.95. The normalized spacial score (nSPS) is 20.3. The summed E-state index contributed by atoms with van der Waals surface area (Å²) >= 11 is 0. The van der Waals surface area contributed by atoms with Gasteiger partial charge in [-0.3, -0.25) is 0 Å². The first-order valence-electron chi connectivity index (χ1n) is 5.68. The minimum absolute atomic E-state index is 0.702. The highest BCUT2D eigenvalue weighted by molar-refractivity contribution is 4.72. The topological polar surface area (TPSA) is 30.3 Å². The highest BCUT2D eigenvalue weighted by atomic mass is 15.2. The minimum Gasteiger partial charge on any atom is -0.302 e. The maximum Gasteiger partial charge on any atom is 0.0622 e. The third kappa shape index (κ3) is 4.08.